The van der Waals surface area contributed by atoms with E-state index in [9.17, 15) is 4.79 Å². The average Bonchev–Trinajstić information content (AvgIpc) is 2.58. The van der Waals surface area contributed by atoms with Gasteiger partial charge in [-0.3, -0.25) is 4.79 Å². The third-order valence-corrected chi connectivity index (χ3v) is 4.00. The van der Waals surface area contributed by atoms with Gasteiger partial charge in [-0.1, -0.05) is 28.1 Å². The van der Waals surface area contributed by atoms with Gasteiger partial charge in [0.25, 0.3) is 5.91 Å². The molecular formula is C18H19BrN2O3. The van der Waals surface area contributed by atoms with Crippen LogP contribution in [0.5, 0.6) is 11.5 Å². The Morgan fingerprint density at radius 3 is 2.79 bits per heavy atom. The summed E-state index contributed by atoms with van der Waals surface area (Å²) in [4.78, 5) is 11.8. The molecule has 2 rings (SSSR count). The second-order valence-corrected chi connectivity index (χ2v) is 5.82. The molecule has 6 heteroatoms. The van der Waals surface area contributed by atoms with E-state index in [0.717, 1.165) is 21.3 Å². The Balaban J connectivity index is 1.85. The summed E-state index contributed by atoms with van der Waals surface area (Å²) in [6.07, 6.45) is 1.55. The van der Waals surface area contributed by atoms with Gasteiger partial charge >= 0.3 is 0 Å². The van der Waals surface area contributed by atoms with Crippen LogP contribution in [0.3, 0.4) is 0 Å². The molecule has 126 valence electrons. The summed E-state index contributed by atoms with van der Waals surface area (Å²) in [6.45, 7) is 4.33. The molecule has 5 nitrogen and oxygen atoms in total. The minimum Gasteiger partial charge on any atom is -0.493 e. The van der Waals surface area contributed by atoms with Crippen molar-refractivity contribution < 1.29 is 14.3 Å². The number of carbonyl (C=O) groups excluding carboxylic acids is 1. The highest BCUT2D eigenvalue weighted by atomic mass is 79.9. The zero-order valence-electron chi connectivity index (χ0n) is 13.6. The first kappa shape index (κ1) is 18.0. The number of hydrazone groups is 1. The molecule has 0 bridgehead atoms. The van der Waals surface area contributed by atoms with Gasteiger partial charge in [-0.05, 0) is 49.7 Å². The van der Waals surface area contributed by atoms with Crippen LogP contribution < -0.4 is 14.9 Å². The zero-order valence-corrected chi connectivity index (χ0v) is 15.2. The predicted octanol–water partition coefficient (Wildman–Crippen LogP) is 3.69. The summed E-state index contributed by atoms with van der Waals surface area (Å²) in [5, 5.41) is 3.94. The van der Waals surface area contributed by atoms with E-state index in [1.807, 2.05) is 50.2 Å². The summed E-state index contributed by atoms with van der Waals surface area (Å²) in [5.41, 5.74) is 4.27. The van der Waals surface area contributed by atoms with Crippen molar-refractivity contribution in [2.24, 2.45) is 5.10 Å². The third kappa shape index (κ3) is 5.38. The smallest absolute Gasteiger partial charge is 0.277 e. The molecule has 1 N–H and O–H groups in total. The van der Waals surface area contributed by atoms with Crippen LogP contribution in [0.4, 0.5) is 0 Å². The van der Waals surface area contributed by atoms with Crippen LogP contribution in [0.15, 0.2) is 52.0 Å². The number of ether oxygens (including phenoxy) is 2. The Morgan fingerprint density at radius 2 is 2.04 bits per heavy atom. The molecule has 0 unspecified atom stereocenters. The van der Waals surface area contributed by atoms with Crippen molar-refractivity contribution in [2.45, 2.75) is 13.8 Å². The van der Waals surface area contributed by atoms with Gasteiger partial charge in [0, 0.05) is 10.0 Å². The lowest BCUT2D eigenvalue weighted by Crippen LogP contribution is -2.24. The Hall–Kier alpha value is -2.34. The topological polar surface area (TPSA) is 59.9 Å². The Labute approximate surface area is 149 Å². The lowest BCUT2D eigenvalue weighted by Gasteiger charge is -2.07. The Morgan fingerprint density at radius 1 is 1.25 bits per heavy atom. The molecule has 1 amide bonds. The van der Waals surface area contributed by atoms with Gasteiger partial charge in [-0.2, -0.15) is 5.10 Å². The highest BCUT2D eigenvalue weighted by Crippen LogP contribution is 2.21. The van der Waals surface area contributed by atoms with Gasteiger partial charge in [0.15, 0.2) is 6.61 Å². The number of hydrogen-bond acceptors (Lipinski definition) is 4. The second-order valence-electron chi connectivity index (χ2n) is 4.96. The number of aryl methyl sites for hydroxylation is 1. The maximum absolute atomic E-state index is 11.8. The fourth-order valence-electron chi connectivity index (χ4n) is 1.94. The molecule has 0 heterocycles. The molecule has 0 aliphatic heterocycles. The van der Waals surface area contributed by atoms with Crippen LogP contribution in [0.1, 0.15) is 18.1 Å². The van der Waals surface area contributed by atoms with Gasteiger partial charge in [0.2, 0.25) is 0 Å². The van der Waals surface area contributed by atoms with E-state index in [4.69, 9.17) is 9.47 Å². The number of nitrogens with one attached hydrogen (secondary N) is 1. The van der Waals surface area contributed by atoms with Crippen LogP contribution >= 0.6 is 15.9 Å². The molecule has 0 aliphatic carbocycles. The van der Waals surface area contributed by atoms with Crippen LogP contribution in [-0.4, -0.2) is 25.3 Å². The van der Waals surface area contributed by atoms with Gasteiger partial charge in [-0.15, -0.1) is 0 Å². The summed E-state index contributed by atoms with van der Waals surface area (Å²) >= 11 is 3.42. The van der Waals surface area contributed by atoms with E-state index >= 15 is 0 Å². The molecular weight excluding hydrogens is 372 g/mol. The lowest BCUT2D eigenvalue weighted by molar-refractivity contribution is -0.123. The number of hydrogen-bond donors (Lipinski definition) is 1. The van der Waals surface area contributed by atoms with E-state index in [1.165, 1.54) is 0 Å². The number of carbonyl (C=O) groups is 1. The molecule has 2 aromatic carbocycles. The van der Waals surface area contributed by atoms with E-state index in [0.29, 0.717) is 12.4 Å². The minimum absolute atomic E-state index is 0.106. The standard InChI is InChI=1S/C18H19BrN2O3/c1-3-23-17-7-5-4-6-14(17)11-20-21-18(22)12-24-15-8-9-16(19)13(2)10-15/h4-11H,3,12H2,1-2H3,(H,21,22). The largest absolute Gasteiger partial charge is 0.493 e. The maximum Gasteiger partial charge on any atom is 0.277 e. The van der Waals surface area contributed by atoms with Crippen LogP contribution in [0, 0.1) is 6.92 Å². The zero-order chi connectivity index (χ0) is 17.4. The summed E-state index contributed by atoms with van der Waals surface area (Å²) in [7, 11) is 0. The normalized spacial score (nSPS) is 10.6. The first-order chi connectivity index (χ1) is 11.6. The summed E-state index contributed by atoms with van der Waals surface area (Å²) < 4.78 is 11.9. The molecule has 0 saturated heterocycles. The van der Waals surface area contributed by atoms with E-state index < -0.39 is 0 Å². The number of benzene rings is 2. The fourth-order valence-corrected chi connectivity index (χ4v) is 2.18. The SMILES string of the molecule is CCOc1ccccc1C=NNC(=O)COc1ccc(Br)c(C)c1. The number of amides is 1. The van der Waals surface area contributed by atoms with Gasteiger partial charge < -0.3 is 9.47 Å². The maximum atomic E-state index is 11.8. The number of halogens is 1. The van der Waals surface area contributed by atoms with E-state index in [1.54, 1.807) is 12.3 Å². The molecule has 2 aromatic rings. The molecule has 0 aliphatic rings. The van der Waals surface area contributed by atoms with Crippen LogP contribution in [0.25, 0.3) is 0 Å². The van der Waals surface area contributed by atoms with Gasteiger partial charge in [-0.25, -0.2) is 5.43 Å². The molecule has 0 fully saturated rings. The first-order valence-electron chi connectivity index (χ1n) is 7.53. The van der Waals surface area contributed by atoms with Crippen molar-refractivity contribution in [1.29, 1.82) is 0 Å². The van der Waals surface area contributed by atoms with Crippen LogP contribution in [-0.2, 0) is 4.79 Å². The van der Waals surface area contributed by atoms with Crippen molar-refractivity contribution in [3.05, 3.63) is 58.1 Å². The highest BCUT2D eigenvalue weighted by molar-refractivity contribution is 9.10. The quantitative estimate of drug-likeness (QED) is 0.579. The number of para-hydroxylation sites is 1. The lowest BCUT2D eigenvalue weighted by atomic mass is 10.2. The molecule has 0 aromatic heterocycles. The predicted molar refractivity (Wildman–Crippen MR) is 97.7 cm³/mol. The van der Waals surface area contributed by atoms with Crippen molar-refractivity contribution in [3.63, 3.8) is 0 Å². The first-order valence-corrected chi connectivity index (χ1v) is 8.32. The third-order valence-electron chi connectivity index (χ3n) is 3.11. The monoisotopic (exact) mass is 390 g/mol. The van der Waals surface area contributed by atoms with E-state index in [-0.39, 0.29) is 12.5 Å². The molecule has 0 atom stereocenters. The Kier molecular flexibility index (Phi) is 6.81. The minimum atomic E-state index is -0.333. The van der Waals surface area contributed by atoms with Crippen molar-refractivity contribution >= 4 is 28.1 Å². The van der Waals surface area contributed by atoms with Crippen molar-refractivity contribution in [1.82, 2.24) is 5.43 Å². The molecule has 0 spiro atoms. The van der Waals surface area contributed by atoms with Gasteiger partial charge in [0.05, 0.1) is 12.8 Å². The van der Waals surface area contributed by atoms with Crippen molar-refractivity contribution in [2.75, 3.05) is 13.2 Å². The summed E-state index contributed by atoms with van der Waals surface area (Å²) in [6, 6.07) is 13.0. The fraction of sp³-hybridized carbons (Fsp3) is 0.222. The highest BCUT2D eigenvalue weighted by Gasteiger charge is 2.04. The van der Waals surface area contributed by atoms with Gasteiger partial charge in [0.1, 0.15) is 11.5 Å². The molecule has 24 heavy (non-hydrogen) atoms. The average molecular weight is 391 g/mol. The summed E-state index contributed by atoms with van der Waals surface area (Å²) in [5.74, 6) is 1.02. The van der Waals surface area contributed by atoms with Crippen LogP contribution in [0.2, 0.25) is 0 Å². The molecule has 0 radical (unpaired) electrons. The number of rotatable bonds is 7. The van der Waals surface area contributed by atoms with Crippen molar-refractivity contribution in [3.8, 4) is 11.5 Å². The number of nitrogens with zero attached hydrogens (tertiary/aromatic N) is 1. The second kappa shape index (κ2) is 9.08. The molecule has 0 saturated carbocycles. The Bertz CT molecular complexity index is 732. The van der Waals surface area contributed by atoms with E-state index in [2.05, 4.69) is 26.5 Å².